The maximum Gasteiger partial charge on any atom is 0.211 e. The summed E-state index contributed by atoms with van der Waals surface area (Å²) in [6, 6.07) is 4.68. The first-order chi connectivity index (χ1) is 8.98. The van der Waals surface area contributed by atoms with E-state index in [9.17, 15) is 12.8 Å². The van der Waals surface area contributed by atoms with Crippen LogP contribution in [0.3, 0.4) is 0 Å². The van der Waals surface area contributed by atoms with Crippen molar-refractivity contribution in [3.63, 3.8) is 0 Å². The number of halogens is 1. The fraction of sp³-hybridized carbons (Fsp3) is 0.538. The van der Waals surface area contributed by atoms with Gasteiger partial charge in [0.1, 0.15) is 0 Å². The van der Waals surface area contributed by atoms with Crippen molar-refractivity contribution >= 4 is 10.0 Å². The summed E-state index contributed by atoms with van der Waals surface area (Å²) in [5.74, 6) is -0.0847. The van der Waals surface area contributed by atoms with E-state index >= 15 is 0 Å². The van der Waals surface area contributed by atoms with E-state index in [0.29, 0.717) is 19.4 Å². The number of hydrogen-bond donors (Lipinski definition) is 1. The third-order valence-electron chi connectivity index (χ3n) is 2.50. The standard InChI is InChI=1S/C13H20FNO3S/c1-3-9-19(16,17)15-8-7-11-5-6-13(18-4-2)12(14)10-11/h5-6,10,15H,3-4,7-9H2,1-2H3. The molecule has 0 fully saturated rings. The third-order valence-corrected chi connectivity index (χ3v) is 4.09. The van der Waals surface area contributed by atoms with Crippen LogP contribution < -0.4 is 9.46 Å². The number of hydrogen-bond acceptors (Lipinski definition) is 3. The zero-order valence-electron chi connectivity index (χ0n) is 11.3. The summed E-state index contributed by atoms with van der Waals surface area (Å²) in [4.78, 5) is 0. The van der Waals surface area contributed by atoms with Gasteiger partial charge in [-0.05, 0) is 37.5 Å². The van der Waals surface area contributed by atoms with E-state index in [4.69, 9.17) is 4.74 Å². The maximum absolute atomic E-state index is 13.6. The smallest absolute Gasteiger partial charge is 0.211 e. The summed E-state index contributed by atoms with van der Waals surface area (Å²) in [5.41, 5.74) is 0.736. The molecule has 0 saturated heterocycles. The minimum atomic E-state index is -3.20. The van der Waals surface area contributed by atoms with Crippen LogP contribution in [0.1, 0.15) is 25.8 Å². The summed E-state index contributed by atoms with van der Waals surface area (Å²) in [6.45, 7) is 4.28. The van der Waals surface area contributed by atoms with Crippen LogP contribution in [0.15, 0.2) is 18.2 Å². The Morgan fingerprint density at radius 3 is 2.63 bits per heavy atom. The lowest BCUT2D eigenvalue weighted by Crippen LogP contribution is -2.28. The molecule has 0 aliphatic heterocycles. The van der Waals surface area contributed by atoms with E-state index in [1.54, 1.807) is 26.0 Å². The molecule has 0 amide bonds. The van der Waals surface area contributed by atoms with Crippen molar-refractivity contribution in [1.82, 2.24) is 4.72 Å². The molecule has 0 radical (unpaired) electrons. The molecule has 0 aliphatic rings. The molecule has 0 heterocycles. The number of rotatable bonds is 8. The summed E-state index contributed by atoms with van der Waals surface area (Å²) in [6.07, 6.45) is 1.03. The maximum atomic E-state index is 13.6. The monoisotopic (exact) mass is 289 g/mol. The molecule has 0 saturated carbocycles. The van der Waals surface area contributed by atoms with Gasteiger partial charge < -0.3 is 4.74 Å². The first-order valence-electron chi connectivity index (χ1n) is 6.37. The van der Waals surface area contributed by atoms with Crippen LogP contribution in [0, 0.1) is 5.82 Å². The first-order valence-corrected chi connectivity index (χ1v) is 8.02. The van der Waals surface area contributed by atoms with Crippen molar-refractivity contribution < 1.29 is 17.5 Å². The molecule has 4 nitrogen and oxygen atoms in total. The fourth-order valence-corrected chi connectivity index (χ4v) is 2.76. The van der Waals surface area contributed by atoms with Crippen molar-refractivity contribution in [2.75, 3.05) is 18.9 Å². The number of ether oxygens (including phenoxy) is 1. The second kappa shape index (κ2) is 7.45. The van der Waals surface area contributed by atoms with Gasteiger partial charge in [0.25, 0.3) is 0 Å². The number of benzene rings is 1. The van der Waals surface area contributed by atoms with E-state index in [0.717, 1.165) is 5.56 Å². The molecular weight excluding hydrogens is 269 g/mol. The lowest BCUT2D eigenvalue weighted by atomic mass is 10.1. The molecule has 0 bridgehead atoms. The molecule has 1 aromatic carbocycles. The summed E-state index contributed by atoms with van der Waals surface area (Å²) in [7, 11) is -3.20. The van der Waals surface area contributed by atoms with E-state index in [1.807, 2.05) is 0 Å². The summed E-state index contributed by atoms with van der Waals surface area (Å²) >= 11 is 0. The van der Waals surface area contributed by atoms with Crippen LogP contribution in [-0.2, 0) is 16.4 Å². The Hall–Kier alpha value is -1.14. The topological polar surface area (TPSA) is 55.4 Å². The summed E-state index contributed by atoms with van der Waals surface area (Å²) < 4.78 is 44.0. The molecule has 1 aromatic rings. The number of sulfonamides is 1. The molecule has 1 N–H and O–H groups in total. The van der Waals surface area contributed by atoms with Gasteiger partial charge in [-0.3, -0.25) is 0 Å². The van der Waals surface area contributed by atoms with Crippen LogP contribution in [0.2, 0.25) is 0 Å². The van der Waals surface area contributed by atoms with E-state index in [-0.39, 0.29) is 18.0 Å². The van der Waals surface area contributed by atoms with Gasteiger partial charge in [0, 0.05) is 6.54 Å². The predicted octanol–water partition coefficient (Wildman–Crippen LogP) is 2.10. The first kappa shape index (κ1) is 15.9. The molecule has 108 valence electrons. The Labute approximate surface area is 114 Å². The molecular formula is C13H20FNO3S. The molecule has 0 unspecified atom stereocenters. The van der Waals surface area contributed by atoms with Gasteiger partial charge in [-0.1, -0.05) is 13.0 Å². The average Bonchev–Trinajstić information content (AvgIpc) is 2.32. The van der Waals surface area contributed by atoms with Crippen LogP contribution >= 0.6 is 0 Å². The normalized spacial score (nSPS) is 11.5. The van der Waals surface area contributed by atoms with Crippen LogP contribution in [-0.4, -0.2) is 27.3 Å². The third kappa shape index (κ3) is 5.57. The van der Waals surface area contributed by atoms with E-state index < -0.39 is 15.8 Å². The lowest BCUT2D eigenvalue weighted by molar-refractivity contribution is 0.321. The zero-order valence-corrected chi connectivity index (χ0v) is 12.1. The molecule has 1 rings (SSSR count). The van der Waals surface area contributed by atoms with Gasteiger partial charge in [0.15, 0.2) is 11.6 Å². The van der Waals surface area contributed by atoms with Gasteiger partial charge in [-0.2, -0.15) is 0 Å². The number of nitrogens with one attached hydrogen (secondary N) is 1. The SMILES string of the molecule is CCCS(=O)(=O)NCCc1ccc(OCC)c(F)c1. The Morgan fingerprint density at radius 2 is 2.05 bits per heavy atom. The van der Waals surface area contributed by atoms with Crippen LogP contribution in [0.5, 0.6) is 5.75 Å². The van der Waals surface area contributed by atoms with Crippen molar-refractivity contribution in [2.24, 2.45) is 0 Å². The fourth-order valence-electron chi connectivity index (χ4n) is 1.66. The zero-order chi connectivity index (χ0) is 14.3. The van der Waals surface area contributed by atoms with Crippen molar-refractivity contribution in [3.05, 3.63) is 29.6 Å². The molecule has 19 heavy (non-hydrogen) atoms. The molecule has 6 heteroatoms. The van der Waals surface area contributed by atoms with Gasteiger partial charge >= 0.3 is 0 Å². The van der Waals surface area contributed by atoms with Gasteiger partial charge in [-0.15, -0.1) is 0 Å². The Bertz CT molecular complexity index is 503. The second-order valence-electron chi connectivity index (χ2n) is 4.16. The highest BCUT2D eigenvalue weighted by atomic mass is 32.2. The second-order valence-corrected chi connectivity index (χ2v) is 6.09. The molecule has 0 aliphatic carbocycles. The highest BCUT2D eigenvalue weighted by Gasteiger charge is 2.08. The van der Waals surface area contributed by atoms with Crippen molar-refractivity contribution in [1.29, 1.82) is 0 Å². The Balaban J connectivity index is 2.52. The van der Waals surface area contributed by atoms with Gasteiger partial charge in [0.05, 0.1) is 12.4 Å². The Morgan fingerprint density at radius 1 is 1.32 bits per heavy atom. The highest BCUT2D eigenvalue weighted by Crippen LogP contribution is 2.18. The molecule has 0 atom stereocenters. The van der Waals surface area contributed by atoms with Crippen molar-refractivity contribution in [2.45, 2.75) is 26.7 Å². The minimum absolute atomic E-state index is 0.116. The molecule has 0 aromatic heterocycles. The lowest BCUT2D eigenvalue weighted by Gasteiger charge is -2.08. The quantitative estimate of drug-likeness (QED) is 0.797. The van der Waals surface area contributed by atoms with Gasteiger partial charge in [0.2, 0.25) is 10.0 Å². The predicted molar refractivity (Wildman–Crippen MR) is 73.4 cm³/mol. The van der Waals surface area contributed by atoms with Crippen LogP contribution in [0.4, 0.5) is 4.39 Å². The highest BCUT2D eigenvalue weighted by molar-refractivity contribution is 7.89. The Kier molecular flexibility index (Phi) is 6.24. The minimum Gasteiger partial charge on any atom is -0.491 e. The summed E-state index contributed by atoms with van der Waals surface area (Å²) in [5, 5.41) is 0. The van der Waals surface area contributed by atoms with E-state index in [1.165, 1.54) is 6.07 Å². The van der Waals surface area contributed by atoms with Crippen LogP contribution in [0.25, 0.3) is 0 Å². The van der Waals surface area contributed by atoms with Crippen molar-refractivity contribution in [3.8, 4) is 5.75 Å². The average molecular weight is 289 g/mol. The van der Waals surface area contributed by atoms with Gasteiger partial charge in [-0.25, -0.2) is 17.5 Å². The van der Waals surface area contributed by atoms with E-state index in [2.05, 4.69) is 4.72 Å². The molecule has 0 spiro atoms. The largest absolute Gasteiger partial charge is 0.491 e.